The largest absolute Gasteiger partial charge is 0.491 e. The first-order valence-corrected chi connectivity index (χ1v) is 13.4. The molecule has 1 spiro atoms. The van der Waals surface area contributed by atoms with E-state index in [1.54, 1.807) is 27.9 Å². The SMILES string of the molecule is Cn1cc(-c2ccc3c(c2)C(O)C[C@]32NC(=O)N(CC(=O)N3Cc4cc(F)ccc4OCC3C3CC3)C2=O)cn1. The highest BCUT2D eigenvalue weighted by atomic mass is 19.1. The highest BCUT2D eigenvalue weighted by Gasteiger charge is 2.58. The lowest BCUT2D eigenvalue weighted by molar-refractivity contribution is -0.141. The highest BCUT2D eigenvalue weighted by Crippen LogP contribution is 2.48. The third-order valence-electron chi connectivity index (χ3n) is 8.54. The normalized spacial score (nSPS) is 25.5. The molecule has 2 fully saturated rings. The molecule has 2 aliphatic carbocycles. The number of rotatable bonds is 4. The summed E-state index contributed by atoms with van der Waals surface area (Å²) in [4.78, 5) is 43.3. The van der Waals surface area contributed by atoms with Gasteiger partial charge in [-0.1, -0.05) is 12.1 Å². The number of aryl methyl sites for hydroxylation is 1. The Bertz CT molecular complexity index is 1570. The van der Waals surface area contributed by atoms with Crippen molar-refractivity contribution in [1.82, 2.24) is 24.9 Å². The quantitative estimate of drug-likeness (QED) is 0.487. The summed E-state index contributed by atoms with van der Waals surface area (Å²) in [5, 5.41) is 17.9. The number of aliphatic hydroxyl groups excluding tert-OH is 1. The van der Waals surface area contributed by atoms with Crippen LogP contribution in [-0.2, 0) is 28.7 Å². The van der Waals surface area contributed by atoms with Crippen LogP contribution in [0.4, 0.5) is 9.18 Å². The molecule has 3 aromatic rings. The summed E-state index contributed by atoms with van der Waals surface area (Å²) in [6.07, 6.45) is 4.46. The molecule has 4 amide bonds. The van der Waals surface area contributed by atoms with E-state index in [0.29, 0.717) is 22.4 Å². The van der Waals surface area contributed by atoms with Gasteiger partial charge in [0.05, 0.1) is 18.3 Å². The van der Waals surface area contributed by atoms with Gasteiger partial charge in [0, 0.05) is 37.3 Å². The van der Waals surface area contributed by atoms with Gasteiger partial charge in [-0.15, -0.1) is 0 Å². The smallest absolute Gasteiger partial charge is 0.325 e. The first kappa shape index (κ1) is 24.8. The Labute approximate surface area is 229 Å². The second-order valence-corrected chi connectivity index (χ2v) is 11.1. The Morgan fingerprint density at radius 3 is 2.77 bits per heavy atom. The van der Waals surface area contributed by atoms with Crippen LogP contribution in [0.5, 0.6) is 5.75 Å². The number of benzene rings is 2. The number of urea groups is 1. The third kappa shape index (κ3) is 3.87. The molecular weight excluding hydrogens is 517 g/mol. The maximum atomic E-state index is 14.0. The van der Waals surface area contributed by atoms with Gasteiger partial charge >= 0.3 is 6.03 Å². The van der Waals surface area contributed by atoms with E-state index in [9.17, 15) is 23.9 Å². The molecule has 4 aliphatic rings. The minimum Gasteiger partial charge on any atom is -0.491 e. The van der Waals surface area contributed by atoms with Gasteiger partial charge in [0.25, 0.3) is 5.91 Å². The Morgan fingerprint density at radius 1 is 1.20 bits per heavy atom. The van der Waals surface area contributed by atoms with Gasteiger partial charge in [-0.2, -0.15) is 5.10 Å². The van der Waals surface area contributed by atoms with Crippen molar-refractivity contribution in [3.8, 4) is 16.9 Å². The number of carbonyl (C=O) groups excluding carboxylic acids is 3. The molecule has 2 N–H and O–H groups in total. The number of amides is 4. The van der Waals surface area contributed by atoms with Crippen molar-refractivity contribution in [2.24, 2.45) is 13.0 Å². The molecule has 0 radical (unpaired) electrons. The zero-order valence-corrected chi connectivity index (χ0v) is 21.8. The van der Waals surface area contributed by atoms with E-state index in [4.69, 9.17) is 4.74 Å². The highest BCUT2D eigenvalue weighted by molar-refractivity contribution is 6.10. The molecule has 3 atom stereocenters. The molecule has 1 saturated heterocycles. The minimum absolute atomic E-state index is 0.0248. The van der Waals surface area contributed by atoms with Crippen molar-refractivity contribution in [2.45, 2.75) is 43.5 Å². The number of imide groups is 1. The van der Waals surface area contributed by atoms with Gasteiger partial charge in [-0.3, -0.25) is 19.2 Å². The average Bonchev–Trinajstić information content (AvgIpc) is 3.60. The summed E-state index contributed by atoms with van der Waals surface area (Å²) >= 11 is 0. The van der Waals surface area contributed by atoms with Gasteiger partial charge in [-0.05, 0) is 59.7 Å². The van der Waals surface area contributed by atoms with Crippen molar-refractivity contribution in [2.75, 3.05) is 13.2 Å². The number of fused-ring (bicyclic) bond motifs is 3. The fraction of sp³-hybridized carbons (Fsp3) is 0.379. The van der Waals surface area contributed by atoms with E-state index in [-0.39, 0.29) is 31.5 Å². The van der Waals surface area contributed by atoms with Crippen molar-refractivity contribution in [3.05, 3.63) is 71.3 Å². The first-order valence-electron chi connectivity index (χ1n) is 13.4. The van der Waals surface area contributed by atoms with Crippen LogP contribution in [0.15, 0.2) is 48.8 Å². The summed E-state index contributed by atoms with van der Waals surface area (Å²) in [5.74, 6) is -0.634. The van der Waals surface area contributed by atoms with Gasteiger partial charge in [0.2, 0.25) is 5.91 Å². The van der Waals surface area contributed by atoms with Crippen LogP contribution in [0.3, 0.4) is 0 Å². The molecule has 7 rings (SSSR count). The third-order valence-corrected chi connectivity index (χ3v) is 8.54. The number of halogens is 1. The van der Waals surface area contributed by atoms with Crippen molar-refractivity contribution in [1.29, 1.82) is 0 Å². The topological polar surface area (TPSA) is 117 Å². The molecule has 0 bridgehead atoms. The molecule has 40 heavy (non-hydrogen) atoms. The molecule has 2 aliphatic heterocycles. The molecule has 11 heteroatoms. The number of nitrogens with zero attached hydrogens (tertiary/aromatic N) is 4. The lowest BCUT2D eigenvalue weighted by atomic mass is 9.90. The second kappa shape index (κ2) is 8.88. The Morgan fingerprint density at radius 2 is 2.02 bits per heavy atom. The van der Waals surface area contributed by atoms with Crippen LogP contribution >= 0.6 is 0 Å². The zero-order chi connectivity index (χ0) is 27.8. The zero-order valence-electron chi connectivity index (χ0n) is 21.8. The Kier molecular flexibility index (Phi) is 5.50. The summed E-state index contributed by atoms with van der Waals surface area (Å²) in [7, 11) is 1.81. The maximum Gasteiger partial charge on any atom is 0.325 e. The standard InChI is InChI=1S/C29H28FN5O5/c1-33-12-19(11-31-33)17-4-6-22-21(9-17)24(36)10-29(22)27(38)35(28(39)32-29)14-26(37)34-13-18-8-20(30)5-7-25(18)40-15-23(34)16-2-3-16/h4-9,11-12,16,23-24,36H,2-3,10,13-15H2,1H3,(H,32,39)/t23?,24?,29-/m0/s1. The van der Waals surface area contributed by atoms with Crippen molar-refractivity contribution >= 4 is 17.8 Å². The number of aromatic nitrogens is 2. The number of hydrogen-bond acceptors (Lipinski definition) is 6. The molecule has 1 saturated carbocycles. The van der Waals surface area contributed by atoms with Gasteiger partial charge in [0.1, 0.15) is 30.3 Å². The van der Waals surface area contributed by atoms with E-state index in [0.717, 1.165) is 28.9 Å². The Hall–Kier alpha value is -4.25. The van der Waals surface area contributed by atoms with E-state index in [1.165, 1.54) is 12.1 Å². The molecule has 3 heterocycles. The van der Waals surface area contributed by atoms with E-state index >= 15 is 0 Å². The summed E-state index contributed by atoms with van der Waals surface area (Å²) in [6, 6.07) is 8.70. The van der Waals surface area contributed by atoms with Gasteiger partial charge < -0.3 is 20.1 Å². The lowest BCUT2D eigenvalue weighted by Gasteiger charge is -2.30. The summed E-state index contributed by atoms with van der Waals surface area (Å²) in [5.41, 5.74) is 1.86. The maximum absolute atomic E-state index is 14.0. The molecule has 1 aromatic heterocycles. The number of hydrogen-bond donors (Lipinski definition) is 2. The van der Waals surface area contributed by atoms with Crippen LogP contribution in [0.1, 0.15) is 42.1 Å². The number of ether oxygens (including phenoxy) is 1. The van der Waals surface area contributed by atoms with Crippen molar-refractivity contribution < 1.29 is 28.6 Å². The molecule has 2 unspecified atom stereocenters. The van der Waals surface area contributed by atoms with Gasteiger partial charge in [-0.25, -0.2) is 9.18 Å². The number of carbonyl (C=O) groups is 3. The monoisotopic (exact) mass is 545 g/mol. The lowest BCUT2D eigenvalue weighted by Crippen LogP contribution is -2.49. The minimum atomic E-state index is -1.45. The predicted molar refractivity (Wildman–Crippen MR) is 139 cm³/mol. The van der Waals surface area contributed by atoms with E-state index < -0.39 is 41.9 Å². The van der Waals surface area contributed by atoms with Crippen molar-refractivity contribution in [3.63, 3.8) is 0 Å². The fourth-order valence-electron chi connectivity index (χ4n) is 6.33. The van der Waals surface area contributed by atoms with Gasteiger partial charge in [0.15, 0.2) is 0 Å². The van der Waals surface area contributed by atoms with Crippen LogP contribution in [0, 0.1) is 11.7 Å². The predicted octanol–water partition coefficient (Wildman–Crippen LogP) is 2.61. The number of nitrogens with one attached hydrogen (secondary N) is 1. The van der Waals surface area contributed by atoms with Crippen LogP contribution in [0.25, 0.3) is 11.1 Å². The first-order chi connectivity index (χ1) is 19.2. The average molecular weight is 546 g/mol. The molecule has 10 nitrogen and oxygen atoms in total. The summed E-state index contributed by atoms with van der Waals surface area (Å²) < 4.78 is 21.6. The summed E-state index contributed by atoms with van der Waals surface area (Å²) in [6.45, 7) is -0.0714. The van der Waals surface area contributed by atoms with E-state index in [1.807, 2.05) is 25.4 Å². The van der Waals surface area contributed by atoms with Crippen LogP contribution < -0.4 is 10.1 Å². The van der Waals surface area contributed by atoms with Crippen LogP contribution in [0.2, 0.25) is 0 Å². The molecule has 206 valence electrons. The second-order valence-electron chi connectivity index (χ2n) is 11.1. The van der Waals surface area contributed by atoms with Crippen LogP contribution in [-0.4, -0.2) is 61.7 Å². The fourth-order valence-corrected chi connectivity index (χ4v) is 6.33. The molecular formula is C29H28FN5O5. The Balaban J connectivity index is 1.16. The van der Waals surface area contributed by atoms with E-state index in [2.05, 4.69) is 10.4 Å². The number of aliphatic hydroxyl groups is 1. The molecule has 2 aromatic carbocycles.